The summed E-state index contributed by atoms with van der Waals surface area (Å²) < 4.78 is 32.2. The van der Waals surface area contributed by atoms with Crippen molar-refractivity contribution >= 4 is 27.8 Å². The van der Waals surface area contributed by atoms with E-state index in [1.807, 2.05) is 0 Å². The first kappa shape index (κ1) is 24.2. The van der Waals surface area contributed by atoms with Crippen LogP contribution in [0.2, 0.25) is 0 Å². The van der Waals surface area contributed by atoms with Gasteiger partial charge in [0.05, 0.1) is 12.0 Å². The predicted molar refractivity (Wildman–Crippen MR) is 117 cm³/mol. The maximum Gasteiger partial charge on any atom is 0.328 e. The quantitative estimate of drug-likeness (QED) is 0.631. The number of carbonyl (C=O) groups excluding carboxylic acids is 3. The maximum atomic E-state index is 13.3. The van der Waals surface area contributed by atoms with Gasteiger partial charge in [0.25, 0.3) is 0 Å². The number of methoxy groups -OCH3 is 1. The van der Waals surface area contributed by atoms with E-state index in [0.29, 0.717) is 0 Å². The number of piperazine rings is 1. The molecule has 1 aliphatic heterocycles. The van der Waals surface area contributed by atoms with Crippen LogP contribution in [-0.2, 0) is 29.1 Å². The molecule has 1 saturated carbocycles. The molecule has 0 radical (unpaired) electrons. The number of carbonyl (C=O) groups is 3. The Labute approximate surface area is 189 Å². The lowest BCUT2D eigenvalue weighted by molar-refractivity contribution is -0.149. The fourth-order valence-corrected chi connectivity index (χ4v) is 5.79. The molecule has 1 aromatic rings. The third-order valence-electron chi connectivity index (χ3n) is 6.18. The molecular weight excluding hydrogens is 434 g/mol. The van der Waals surface area contributed by atoms with Gasteiger partial charge < -0.3 is 15.0 Å². The molecule has 176 valence electrons. The van der Waals surface area contributed by atoms with E-state index in [9.17, 15) is 22.8 Å². The van der Waals surface area contributed by atoms with Crippen LogP contribution >= 0.6 is 0 Å². The number of benzene rings is 1. The average molecular weight is 466 g/mol. The molecule has 2 aliphatic rings. The van der Waals surface area contributed by atoms with Crippen LogP contribution in [0.5, 0.6) is 0 Å². The second-order valence-electron chi connectivity index (χ2n) is 8.31. The van der Waals surface area contributed by atoms with Gasteiger partial charge in [-0.3, -0.25) is 9.59 Å². The highest BCUT2D eigenvalue weighted by Gasteiger charge is 2.42. The van der Waals surface area contributed by atoms with E-state index in [0.717, 1.165) is 32.1 Å². The van der Waals surface area contributed by atoms with Gasteiger partial charge in [-0.1, -0.05) is 37.5 Å². The van der Waals surface area contributed by atoms with Crippen LogP contribution in [0.15, 0.2) is 35.2 Å². The first-order valence-corrected chi connectivity index (χ1v) is 12.4. The first-order chi connectivity index (χ1) is 15.3. The maximum absolute atomic E-state index is 13.3. The zero-order valence-corrected chi connectivity index (χ0v) is 19.3. The lowest BCUT2D eigenvalue weighted by Crippen LogP contribution is -2.63. The van der Waals surface area contributed by atoms with Crippen molar-refractivity contribution in [3.8, 4) is 0 Å². The highest BCUT2D eigenvalue weighted by molar-refractivity contribution is 7.89. The Morgan fingerprint density at radius 1 is 1.06 bits per heavy atom. The Hall–Kier alpha value is -2.46. The fourth-order valence-electron chi connectivity index (χ4n) is 4.34. The molecule has 2 atom stereocenters. The summed E-state index contributed by atoms with van der Waals surface area (Å²) in [4.78, 5) is 39.8. The molecule has 1 heterocycles. The molecular formula is C22H31N3O6S. The molecule has 1 aliphatic carbocycles. The molecule has 2 amide bonds. The van der Waals surface area contributed by atoms with Gasteiger partial charge in [0.1, 0.15) is 12.1 Å². The minimum Gasteiger partial charge on any atom is -0.467 e. The van der Waals surface area contributed by atoms with Crippen LogP contribution in [-0.4, -0.2) is 74.2 Å². The molecule has 0 aromatic heterocycles. The fraction of sp³-hybridized carbons (Fsp3) is 0.591. The Balaban J connectivity index is 1.84. The molecule has 10 heteroatoms. The normalized spacial score (nSPS) is 21.6. The van der Waals surface area contributed by atoms with Gasteiger partial charge in [-0.15, -0.1) is 0 Å². The average Bonchev–Trinajstić information content (AvgIpc) is 2.83. The largest absolute Gasteiger partial charge is 0.467 e. The molecule has 1 aromatic carbocycles. The van der Waals surface area contributed by atoms with Crippen molar-refractivity contribution in [2.24, 2.45) is 5.92 Å². The monoisotopic (exact) mass is 465 g/mol. The van der Waals surface area contributed by atoms with Crippen LogP contribution < -0.4 is 5.32 Å². The highest BCUT2D eigenvalue weighted by atomic mass is 32.2. The molecule has 3 rings (SSSR count). The topological polar surface area (TPSA) is 113 Å². The van der Waals surface area contributed by atoms with Crippen LogP contribution in [0.1, 0.15) is 39.0 Å². The Bertz CT molecular complexity index is 930. The van der Waals surface area contributed by atoms with Crippen LogP contribution in [0.4, 0.5) is 0 Å². The smallest absolute Gasteiger partial charge is 0.328 e. The van der Waals surface area contributed by atoms with Gasteiger partial charge in [-0.25, -0.2) is 13.2 Å². The predicted octanol–water partition coefficient (Wildman–Crippen LogP) is 1.15. The van der Waals surface area contributed by atoms with E-state index in [1.165, 1.54) is 35.4 Å². The lowest BCUT2D eigenvalue weighted by Gasteiger charge is -2.41. The summed E-state index contributed by atoms with van der Waals surface area (Å²) in [5, 5.41) is 2.57. The van der Waals surface area contributed by atoms with Gasteiger partial charge in [0.15, 0.2) is 0 Å². The lowest BCUT2D eigenvalue weighted by atomic mass is 9.87. The third kappa shape index (κ3) is 5.29. The zero-order valence-electron chi connectivity index (χ0n) is 18.5. The van der Waals surface area contributed by atoms with E-state index >= 15 is 0 Å². The van der Waals surface area contributed by atoms with Crippen molar-refractivity contribution < 1.29 is 27.5 Å². The first-order valence-electron chi connectivity index (χ1n) is 11.0. The Kier molecular flexibility index (Phi) is 7.89. The van der Waals surface area contributed by atoms with E-state index in [1.54, 1.807) is 18.2 Å². The summed E-state index contributed by atoms with van der Waals surface area (Å²) in [6.07, 6.45) is 4.57. The number of hydrogen-bond acceptors (Lipinski definition) is 6. The summed E-state index contributed by atoms with van der Waals surface area (Å²) in [5.74, 6) is -1.46. The molecule has 2 unspecified atom stereocenters. The number of rotatable bonds is 6. The van der Waals surface area contributed by atoms with Crippen molar-refractivity contribution in [2.45, 2.75) is 56.0 Å². The summed E-state index contributed by atoms with van der Waals surface area (Å²) >= 11 is 0. The van der Waals surface area contributed by atoms with Crippen LogP contribution in [0.3, 0.4) is 0 Å². The van der Waals surface area contributed by atoms with Gasteiger partial charge >= 0.3 is 5.97 Å². The van der Waals surface area contributed by atoms with Crippen LogP contribution in [0, 0.1) is 5.92 Å². The van der Waals surface area contributed by atoms with Crippen molar-refractivity contribution in [1.29, 1.82) is 0 Å². The minimum absolute atomic E-state index is 0.103. The molecule has 9 nitrogen and oxygen atoms in total. The van der Waals surface area contributed by atoms with E-state index in [2.05, 4.69) is 10.1 Å². The number of ether oxygens (including phenoxy) is 1. The number of hydrogen-bond donors (Lipinski definition) is 1. The number of sulfonamides is 1. The van der Waals surface area contributed by atoms with Gasteiger partial charge in [-0.05, 0) is 31.9 Å². The molecule has 1 saturated heterocycles. The van der Waals surface area contributed by atoms with E-state index < -0.39 is 34.0 Å². The summed E-state index contributed by atoms with van der Waals surface area (Å²) in [7, 11) is -2.61. The second kappa shape index (κ2) is 10.4. The summed E-state index contributed by atoms with van der Waals surface area (Å²) in [6.45, 7) is 1.53. The third-order valence-corrected chi connectivity index (χ3v) is 8.06. The van der Waals surface area contributed by atoms with Gasteiger partial charge in [0, 0.05) is 25.6 Å². The van der Waals surface area contributed by atoms with E-state index in [-0.39, 0.29) is 36.4 Å². The highest BCUT2D eigenvalue weighted by Crippen LogP contribution is 2.28. The summed E-state index contributed by atoms with van der Waals surface area (Å²) in [6, 6.07) is 6.07. The minimum atomic E-state index is -3.83. The Morgan fingerprint density at radius 3 is 2.34 bits per heavy atom. The second-order valence-corrected chi connectivity index (χ2v) is 10.2. The van der Waals surface area contributed by atoms with Crippen molar-refractivity contribution in [3.05, 3.63) is 30.3 Å². The van der Waals surface area contributed by atoms with Crippen molar-refractivity contribution in [2.75, 3.05) is 26.7 Å². The molecule has 32 heavy (non-hydrogen) atoms. The number of nitrogens with one attached hydrogen (secondary N) is 1. The Morgan fingerprint density at radius 2 is 1.72 bits per heavy atom. The van der Waals surface area contributed by atoms with Gasteiger partial charge in [-0.2, -0.15) is 4.31 Å². The van der Waals surface area contributed by atoms with Crippen molar-refractivity contribution in [1.82, 2.24) is 14.5 Å². The molecule has 0 spiro atoms. The molecule has 2 fully saturated rings. The zero-order chi connectivity index (χ0) is 23.3. The van der Waals surface area contributed by atoms with Gasteiger partial charge in [0.2, 0.25) is 21.8 Å². The molecule has 1 N–H and O–H groups in total. The van der Waals surface area contributed by atoms with E-state index in [4.69, 9.17) is 0 Å². The van der Waals surface area contributed by atoms with Crippen LogP contribution in [0.25, 0.3) is 0 Å². The number of nitrogens with zero attached hydrogens (tertiary/aromatic N) is 2. The number of esters is 1. The molecule has 0 bridgehead atoms. The number of amides is 2. The standard InChI is InChI=1S/C22H31N3O6S/c1-16(22(28)31-2)23-20(26)19-15-24(32(29,30)18-11-7-4-8-12-18)13-14-25(19)21(27)17-9-5-3-6-10-17/h4,7-8,11-12,16-17,19H,3,5-6,9-10,13-15H2,1-2H3,(H,23,26). The van der Waals surface area contributed by atoms with Crippen molar-refractivity contribution in [3.63, 3.8) is 0 Å². The SMILES string of the molecule is COC(=O)C(C)NC(=O)C1CN(S(=O)(=O)c2ccccc2)CCN1C(=O)C1CCCCC1. The summed E-state index contributed by atoms with van der Waals surface area (Å²) in [5.41, 5.74) is 0.